The van der Waals surface area contributed by atoms with E-state index < -0.39 is 0 Å². The number of nitrogens with zero attached hydrogens (tertiary/aromatic N) is 2. The first kappa shape index (κ1) is 15.1. The number of hydrogen-bond donors (Lipinski definition) is 2. The highest BCUT2D eigenvalue weighted by molar-refractivity contribution is 5.95. The summed E-state index contributed by atoms with van der Waals surface area (Å²) in [5.74, 6) is -0.0336. The van der Waals surface area contributed by atoms with E-state index in [1.165, 1.54) is 0 Å². The Hall–Kier alpha value is -2.30. The van der Waals surface area contributed by atoms with Gasteiger partial charge in [-0.2, -0.15) is 5.10 Å². The number of carbonyl (C=O) groups is 1. The molecule has 1 heterocycles. The van der Waals surface area contributed by atoms with Crippen LogP contribution in [0.15, 0.2) is 36.5 Å². The predicted molar refractivity (Wildman–Crippen MR) is 84.3 cm³/mol. The van der Waals surface area contributed by atoms with Crippen molar-refractivity contribution in [2.45, 2.75) is 26.3 Å². The van der Waals surface area contributed by atoms with Crippen LogP contribution >= 0.6 is 0 Å². The fraction of sp³-hybridized carbons (Fsp3) is 0.375. The van der Waals surface area contributed by atoms with Crippen LogP contribution in [-0.4, -0.2) is 22.2 Å². The minimum Gasteiger partial charge on any atom is -0.377 e. The zero-order valence-corrected chi connectivity index (χ0v) is 12.8. The van der Waals surface area contributed by atoms with Gasteiger partial charge in [-0.15, -0.1) is 0 Å². The first-order chi connectivity index (χ1) is 10.1. The molecule has 2 rings (SSSR count). The van der Waals surface area contributed by atoms with E-state index >= 15 is 0 Å². The average Bonchev–Trinajstić information content (AvgIpc) is 2.91. The minimum absolute atomic E-state index is 0.0336. The number of amides is 1. The standard InChI is InChI=1S/C16H22N4O/c1-4-9-17-16(21)13-6-5-7-14(11-13)19-12(2)15-8-10-18-20(15)3/h5-8,10-12,19H,4,9H2,1-3H3,(H,17,21). The molecule has 0 saturated carbocycles. The Morgan fingerprint density at radius 1 is 1.38 bits per heavy atom. The van der Waals surface area contributed by atoms with Crippen molar-refractivity contribution in [3.05, 3.63) is 47.8 Å². The topological polar surface area (TPSA) is 59.0 Å². The van der Waals surface area contributed by atoms with E-state index in [-0.39, 0.29) is 11.9 Å². The van der Waals surface area contributed by atoms with Crippen molar-refractivity contribution >= 4 is 11.6 Å². The zero-order valence-electron chi connectivity index (χ0n) is 12.8. The van der Waals surface area contributed by atoms with Crippen LogP contribution in [0, 0.1) is 0 Å². The molecular formula is C16H22N4O. The second kappa shape index (κ2) is 6.92. The minimum atomic E-state index is -0.0336. The van der Waals surface area contributed by atoms with Crippen LogP contribution in [0.4, 0.5) is 5.69 Å². The Kier molecular flexibility index (Phi) is 4.98. The van der Waals surface area contributed by atoms with Crippen LogP contribution in [0.5, 0.6) is 0 Å². The number of hydrogen-bond acceptors (Lipinski definition) is 3. The van der Waals surface area contributed by atoms with Crippen molar-refractivity contribution in [3.8, 4) is 0 Å². The lowest BCUT2D eigenvalue weighted by molar-refractivity contribution is 0.0953. The number of rotatable bonds is 6. The number of aryl methyl sites for hydroxylation is 1. The van der Waals surface area contributed by atoms with E-state index in [1.54, 1.807) is 6.20 Å². The van der Waals surface area contributed by atoms with Gasteiger partial charge >= 0.3 is 0 Å². The second-order valence-corrected chi connectivity index (χ2v) is 5.08. The van der Waals surface area contributed by atoms with Crippen molar-refractivity contribution < 1.29 is 4.79 Å². The van der Waals surface area contributed by atoms with E-state index in [9.17, 15) is 4.79 Å². The fourth-order valence-electron chi connectivity index (χ4n) is 2.22. The van der Waals surface area contributed by atoms with Crippen LogP contribution < -0.4 is 10.6 Å². The molecule has 5 nitrogen and oxygen atoms in total. The maximum atomic E-state index is 12.0. The molecule has 0 aliphatic carbocycles. The molecule has 0 aliphatic rings. The van der Waals surface area contributed by atoms with Gasteiger partial charge in [-0.1, -0.05) is 13.0 Å². The highest BCUT2D eigenvalue weighted by atomic mass is 16.1. The maximum Gasteiger partial charge on any atom is 0.251 e. The van der Waals surface area contributed by atoms with E-state index in [0.29, 0.717) is 12.1 Å². The number of carbonyl (C=O) groups excluding carboxylic acids is 1. The summed E-state index contributed by atoms with van der Waals surface area (Å²) in [7, 11) is 1.92. The lowest BCUT2D eigenvalue weighted by atomic mass is 10.1. The van der Waals surface area contributed by atoms with Crippen molar-refractivity contribution in [2.75, 3.05) is 11.9 Å². The van der Waals surface area contributed by atoms with Gasteiger partial charge in [0.1, 0.15) is 0 Å². The molecule has 0 aliphatic heterocycles. The van der Waals surface area contributed by atoms with Crippen molar-refractivity contribution in [1.29, 1.82) is 0 Å². The smallest absolute Gasteiger partial charge is 0.251 e. The molecule has 0 bridgehead atoms. The highest BCUT2D eigenvalue weighted by Crippen LogP contribution is 2.19. The summed E-state index contributed by atoms with van der Waals surface area (Å²) in [6.07, 6.45) is 2.71. The summed E-state index contributed by atoms with van der Waals surface area (Å²) < 4.78 is 1.84. The summed E-state index contributed by atoms with van der Waals surface area (Å²) in [5.41, 5.74) is 2.69. The summed E-state index contributed by atoms with van der Waals surface area (Å²) in [5, 5.41) is 10.5. The largest absolute Gasteiger partial charge is 0.377 e. The molecule has 21 heavy (non-hydrogen) atoms. The molecular weight excluding hydrogens is 264 g/mol. The van der Waals surface area contributed by atoms with Crippen LogP contribution in [-0.2, 0) is 7.05 Å². The summed E-state index contributed by atoms with van der Waals surface area (Å²) in [4.78, 5) is 12.0. The number of nitrogens with one attached hydrogen (secondary N) is 2. The van der Waals surface area contributed by atoms with Crippen LogP contribution in [0.25, 0.3) is 0 Å². The SMILES string of the molecule is CCCNC(=O)c1cccc(NC(C)c2ccnn2C)c1. The van der Waals surface area contributed by atoms with Gasteiger partial charge in [0.05, 0.1) is 11.7 Å². The lowest BCUT2D eigenvalue weighted by Gasteiger charge is -2.16. The molecule has 1 aromatic carbocycles. The average molecular weight is 286 g/mol. The summed E-state index contributed by atoms with van der Waals surface area (Å²) >= 11 is 0. The quantitative estimate of drug-likeness (QED) is 0.858. The third-order valence-electron chi connectivity index (χ3n) is 3.35. The number of anilines is 1. The fourth-order valence-corrected chi connectivity index (χ4v) is 2.22. The molecule has 1 aromatic heterocycles. The Balaban J connectivity index is 2.07. The first-order valence-electron chi connectivity index (χ1n) is 7.24. The van der Waals surface area contributed by atoms with Crippen LogP contribution in [0.1, 0.15) is 42.4 Å². The van der Waals surface area contributed by atoms with E-state index in [2.05, 4.69) is 22.7 Å². The maximum absolute atomic E-state index is 12.0. The second-order valence-electron chi connectivity index (χ2n) is 5.08. The molecule has 0 radical (unpaired) electrons. The van der Waals surface area contributed by atoms with Gasteiger partial charge in [0.25, 0.3) is 5.91 Å². The molecule has 2 aromatic rings. The van der Waals surface area contributed by atoms with Gasteiger partial charge in [-0.05, 0) is 37.6 Å². The van der Waals surface area contributed by atoms with E-state index in [0.717, 1.165) is 17.8 Å². The Morgan fingerprint density at radius 3 is 2.86 bits per heavy atom. The van der Waals surface area contributed by atoms with Gasteiger partial charge in [0, 0.05) is 31.0 Å². The van der Waals surface area contributed by atoms with Crippen molar-refractivity contribution in [1.82, 2.24) is 15.1 Å². The predicted octanol–water partition coefficient (Wildman–Crippen LogP) is 2.73. The third kappa shape index (κ3) is 3.84. The molecule has 0 fully saturated rings. The van der Waals surface area contributed by atoms with E-state index in [1.807, 2.05) is 49.0 Å². The van der Waals surface area contributed by atoms with Gasteiger partial charge in [-0.25, -0.2) is 0 Å². The van der Waals surface area contributed by atoms with Gasteiger partial charge in [-0.3, -0.25) is 9.48 Å². The molecule has 5 heteroatoms. The number of benzene rings is 1. The van der Waals surface area contributed by atoms with E-state index in [4.69, 9.17) is 0 Å². The molecule has 2 N–H and O–H groups in total. The molecule has 1 unspecified atom stereocenters. The van der Waals surface area contributed by atoms with Gasteiger partial charge in [0.2, 0.25) is 0 Å². The first-order valence-corrected chi connectivity index (χ1v) is 7.24. The van der Waals surface area contributed by atoms with Crippen molar-refractivity contribution in [2.24, 2.45) is 7.05 Å². The van der Waals surface area contributed by atoms with Gasteiger partial charge < -0.3 is 10.6 Å². The monoisotopic (exact) mass is 286 g/mol. The van der Waals surface area contributed by atoms with Gasteiger partial charge in [0.15, 0.2) is 0 Å². The third-order valence-corrected chi connectivity index (χ3v) is 3.35. The normalized spacial score (nSPS) is 12.0. The molecule has 112 valence electrons. The Labute approximate surface area is 125 Å². The summed E-state index contributed by atoms with van der Waals surface area (Å²) in [6, 6.07) is 9.65. The van der Waals surface area contributed by atoms with Crippen LogP contribution in [0.3, 0.4) is 0 Å². The Bertz CT molecular complexity index is 606. The van der Waals surface area contributed by atoms with Crippen molar-refractivity contribution in [3.63, 3.8) is 0 Å². The lowest BCUT2D eigenvalue weighted by Crippen LogP contribution is -2.24. The molecule has 1 amide bonds. The molecule has 0 spiro atoms. The molecule has 0 saturated heterocycles. The molecule has 1 atom stereocenters. The zero-order chi connectivity index (χ0) is 15.2. The Morgan fingerprint density at radius 2 is 2.19 bits per heavy atom. The highest BCUT2D eigenvalue weighted by Gasteiger charge is 2.10. The summed E-state index contributed by atoms with van der Waals surface area (Å²) in [6.45, 7) is 4.80. The number of aromatic nitrogens is 2. The van der Waals surface area contributed by atoms with Crippen LogP contribution in [0.2, 0.25) is 0 Å².